The summed E-state index contributed by atoms with van der Waals surface area (Å²) in [4.78, 5) is 13.1. The highest BCUT2D eigenvalue weighted by molar-refractivity contribution is 5.87. The highest BCUT2D eigenvalue weighted by atomic mass is 16.5. The number of hydrogen-bond donors (Lipinski definition) is 2. The second-order valence-electron chi connectivity index (χ2n) is 17.1. The Morgan fingerprint density at radius 3 is 2.42 bits per heavy atom. The lowest BCUT2D eigenvalue weighted by Gasteiger charge is -2.63. The van der Waals surface area contributed by atoms with Gasteiger partial charge in [0.05, 0.1) is 13.2 Å². The van der Waals surface area contributed by atoms with Gasteiger partial charge in [-0.1, -0.05) is 52.8 Å². The first kappa shape index (κ1) is 32.7. The van der Waals surface area contributed by atoms with Crippen molar-refractivity contribution in [2.45, 2.75) is 124 Å². The van der Waals surface area contributed by atoms with Crippen molar-refractivity contribution in [3.63, 3.8) is 0 Å². The zero-order chi connectivity index (χ0) is 32.6. The van der Waals surface area contributed by atoms with Crippen molar-refractivity contribution < 1.29 is 24.5 Å². The largest absolute Gasteiger partial charge is 0.504 e. The highest BCUT2D eigenvalue weighted by Crippen LogP contribution is 2.89. The Balaban J connectivity index is 1.14. The van der Waals surface area contributed by atoms with E-state index in [0.717, 1.165) is 42.2 Å². The van der Waals surface area contributed by atoms with Crippen molar-refractivity contribution in [3.05, 3.63) is 42.0 Å². The van der Waals surface area contributed by atoms with E-state index >= 15 is 0 Å². The van der Waals surface area contributed by atoms with Crippen molar-refractivity contribution >= 4 is 12.0 Å². The van der Waals surface area contributed by atoms with Crippen molar-refractivity contribution in [1.82, 2.24) is 0 Å². The predicted octanol–water partition coefficient (Wildman–Crippen LogP) is 9.12. The van der Waals surface area contributed by atoms with E-state index in [9.17, 15) is 15.0 Å². The lowest BCUT2D eigenvalue weighted by molar-refractivity contribution is -0.179. The van der Waals surface area contributed by atoms with Gasteiger partial charge in [0, 0.05) is 11.5 Å². The normalized spacial score (nSPS) is 40.8. The molecule has 5 nitrogen and oxygen atoms in total. The third-order valence-corrected chi connectivity index (χ3v) is 15.1. The van der Waals surface area contributed by atoms with Gasteiger partial charge in [0.1, 0.15) is 6.10 Å². The molecule has 0 aromatic heterocycles. The van der Waals surface area contributed by atoms with Gasteiger partial charge in [0.15, 0.2) is 11.5 Å². The summed E-state index contributed by atoms with van der Waals surface area (Å²) in [6.45, 7) is 18.4. The maximum Gasteiger partial charge on any atom is 0.331 e. The SMILES string of the molecule is C=C(C)[C@@H](O)CC[C@@H](C)[C@H]1CC[C@@]2(C)[C@@H]3CC[C@H]4C(C)(C)[C@@H](OC(=O)C=Cc5ccc(O)c(OC)c5)CC[C@@]45C[C@@]35CC[C@]12C. The first-order valence-electron chi connectivity index (χ1n) is 17.7. The molecule has 1 aromatic rings. The van der Waals surface area contributed by atoms with E-state index in [1.54, 1.807) is 24.3 Å². The van der Waals surface area contributed by atoms with Gasteiger partial charge in [0.25, 0.3) is 0 Å². The number of ether oxygens (including phenoxy) is 2. The van der Waals surface area contributed by atoms with Crippen molar-refractivity contribution in [3.8, 4) is 11.5 Å². The molecular formula is C40H58O5. The van der Waals surface area contributed by atoms with Crippen LogP contribution >= 0.6 is 0 Å². The number of aliphatic hydroxyl groups excluding tert-OH is 1. The van der Waals surface area contributed by atoms with Crippen LogP contribution in [0, 0.1) is 50.7 Å². The minimum absolute atomic E-state index is 0.0591. The maximum atomic E-state index is 13.1. The number of fused-ring (bicyclic) bond motifs is 2. The second-order valence-corrected chi connectivity index (χ2v) is 17.1. The Morgan fingerprint density at radius 2 is 1.71 bits per heavy atom. The molecule has 248 valence electrons. The van der Waals surface area contributed by atoms with Crippen LogP contribution in [0.1, 0.15) is 118 Å². The molecule has 0 unspecified atom stereocenters. The number of benzene rings is 1. The van der Waals surface area contributed by atoms with Crippen LogP contribution < -0.4 is 4.74 Å². The van der Waals surface area contributed by atoms with E-state index in [2.05, 4.69) is 41.2 Å². The lowest BCUT2D eigenvalue weighted by atomic mass is 9.41. The summed E-state index contributed by atoms with van der Waals surface area (Å²) in [7, 11) is 1.52. The van der Waals surface area contributed by atoms with E-state index in [4.69, 9.17) is 9.47 Å². The van der Waals surface area contributed by atoms with Gasteiger partial charge in [-0.05, 0) is 147 Å². The zero-order valence-electron chi connectivity index (χ0n) is 29.0. The molecule has 2 N–H and O–H groups in total. The number of carbonyl (C=O) groups excluding carboxylic acids is 1. The number of esters is 1. The third-order valence-electron chi connectivity index (χ3n) is 15.1. The number of phenolic OH excluding ortho intramolecular Hbond substituents is 1. The maximum absolute atomic E-state index is 13.1. The molecule has 6 rings (SSSR count). The fraction of sp³-hybridized carbons (Fsp3) is 0.725. The number of phenols is 1. The summed E-state index contributed by atoms with van der Waals surface area (Å²) in [5.41, 5.74) is 3.22. The third kappa shape index (κ3) is 4.83. The highest BCUT2D eigenvalue weighted by Gasteiger charge is 2.82. The van der Waals surface area contributed by atoms with Crippen LogP contribution in [0.3, 0.4) is 0 Å². The van der Waals surface area contributed by atoms with Crippen LogP contribution in [0.15, 0.2) is 36.4 Å². The number of methoxy groups -OCH3 is 1. The van der Waals surface area contributed by atoms with Crippen molar-refractivity contribution in [2.75, 3.05) is 7.11 Å². The monoisotopic (exact) mass is 618 g/mol. The molecule has 0 aliphatic heterocycles. The number of carbonyl (C=O) groups is 1. The molecule has 0 heterocycles. The van der Waals surface area contributed by atoms with Gasteiger partial charge in [0.2, 0.25) is 0 Å². The van der Waals surface area contributed by atoms with Crippen LogP contribution in [0.4, 0.5) is 0 Å². The Morgan fingerprint density at radius 1 is 1.00 bits per heavy atom. The quantitative estimate of drug-likeness (QED) is 0.164. The first-order valence-corrected chi connectivity index (χ1v) is 17.7. The molecule has 2 spiro atoms. The van der Waals surface area contributed by atoms with E-state index in [0.29, 0.717) is 39.2 Å². The molecule has 0 radical (unpaired) electrons. The number of aliphatic hydroxyl groups is 1. The number of aromatic hydroxyl groups is 1. The molecule has 5 heteroatoms. The number of rotatable bonds is 9. The Labute approximate surface area is 271 Å². The molecule has 5 aliphatic carbocycles. The van der Waals surface area contributed by atoms with Crippen LogP contribution in [0.2, 0.25) is 0 Å². The Kier molecular flexibility index (Phi) is 8.11. The van der Waals surface area contributed by atoms with Gasteiger partial charge in [-0.25, -0.2) is 4.79 Å². The van der Waals surface area contributed by atoms with Gasteiger partial charge in [-0.15, -0.1) is 0 Å². The molecule has 0 amide bonds. The summed E-state index contributed by atoms with van der Waals surface area (Å²) in [5.74, 6) is 2.90. The summed E-state index contributed by atoms with van der Waals surface area (Å²) in [6.07, 6.45) is 16.1. The van der Waals surface area contributed by atoms with E-state index in [1.807, 2.05) is 6.92 Å². The fourth-order valence-electron chi connectivity index (χ4n) is 12.5. The molecule has 5 saturated carbocycles. The molecule has 5 fully saturated rings. The van der Waals surface area contributed by atoms with Crippen molar-refractivity contribution in [2.24, 2.45) is 50.7 Å². The zero-order valence-corrected chi connectivity index (χ0v) is 29.0. The van der Waals surface area contributed by atoms with Gasteiger partial charge < -0.3 is 19.7 Å². The van der Waals surface area contributed by atoms with E-state index in [1.165, 1.54) is 64.6 Å². The molecule has 5 aliphatic rings. The minimum Gasteiger partial charge on any atom is -0.504 e. The average molecular weight is 619 g/mol. The standard InChI is InChI=1S/C40H58O5/c1-25(2)29(41)12-9-26(3)28-17-19-38(7)33-15-14-32-36(4,5)34(18-20-39(32)24-40(33,39)22-21-37(28,38)6)45-35(43)16-11-27-10-13-30(42)31(23-27)44-8/h10-11,13,16,23,26,28-29,32-34,41-42H,1,9,12,14-15,17-22,24H2,2-8H3/t26-,28-,29+,32+,33+,34+,37-,38+,39-,40+/m1/s1. The Hall–Kier alpha value is -2.27. The van der Waals surface area contributed by atoms with Crippen molar-refractivity contribution in [1.29, 1.82) is 0 Å². The van der Waals surface area contributed by atoms with Gasteiger partial charge in [-0.2, -0.15) is 0 Å². The smallest absolute Gasteiger partial charge is 0.331 e. The molecule has 0 saturated heterocycles. The second kappa shape index (κ2) is 11.2. The van der Waals surface area contributed by atoms with Crippen LogP contribution in [0.25, 0.3) is 6.08 Å². The summed E-state index contributed by atoms with van der Waals surface area (Å²) in [6, 6.07) is 5.06. The van der Waals surface area contributed by atoms with Crippen LogP contribution in [0.5, 0.6) is 11.5 Å². The van der Waals surface area contributed by atoms with Crippen LogP contribution in [-0.2, 0) is 9.53 Å². The lowest BCUT2D eigenvalue weighted by Crippen LogP contribution is -2.58. The van der Waals surface area contributed by atoms with Crippen LogP contribution in [-0.4, -0.2) is 35.5 Å². The Bertz CT molecular complexity index is 1360. The summed E-state index contributed by atoms with van der Waals surface area (Å²) < 4.78 is 11.4. The van der Waals surface area contributed by atoms with Gasteiger partial charge >= 0.3 is 5.97 Å². The van der Waals surface area contributed by atoms with E-state index in [-0.39, 0.29) is 29.3 Å². The first-order chi connectivity index (χ1) is 21.1. The minimum atomic E-state index is -0.374. The topological polar surface area (TPSA) is 76.0 Å². The summed E-state index contributed by atoms with van der Waals surface area (Å²) >= 11 is 0. The van der Waals surface area contributed by atoms with E-state index < -0.39 is 0 Å². The molecule has 45 heavy (non-hydrogen) atoms. The number of hydrogen-bond acceptors (Lipinski definition) is 5. The predicted molar refractivity (Wildman–Crippen MR) is 180 cm³/mol. The fourth-order valence-corrected chi connectivity index (χ4v) is 12.5. The molecule has 0 bridgehead atoms. The molecule has 1 aromatic carbocycles. The average Bonchev–Trinajstić information content (AvgIpc) is 3.58. The molecular weight excluding hydrogens is 560 g/mol. The van der Waals surface area contributed by atoms with Gasteiger partial charge in [-0.3, -0.25) is 0 Å². The summed E-state index contributed by atoms with van der Waals surface area (Å²) in [5, 5.41) is 20.3. The molecule has 10 atom stereocenters.